The van der Waals surface area contributed by atoms with Crippen LogP contribution in [0.3, 0.4) is 0 Å². The number of primary amides is 1. The fraction of sp³-hybridized carbons (Fsp3) is 0.100. The summed E-state index contributed by atoms with van der Waals surface area (Å²) in [5.74, 6) is -0.742. The van der Waals surface area contributed by atoms with E-state index in [0.717, 1.165) is 27.8 Å². The fourth-order valence-electron chi connectivity index (χ4n) is 2.96. The van der Waals surface area contributed by atoms with Gasteiger partial charge in [-0.1, -0.05) is 18.2 Å². The maximum atomic E-state index is 11.8. The summed E-state index contributed by atoms with van der Waals surface area (Å²) < 4.78 is 0. The smallest absolute Gasteiger partial charge is 0.252 e. The number of carbonyl (C=O) groups excluding carboxylic acids is 1. The van der Waals surface area contributed by atoms with Gasteiger partial charge in [-0.3, -0.25) is 9.78 Å². The molecular formula is C20H18N2O2. The van der Waals surface area contributed by atoms with Crippen molar-refractivity contribution in [3.63, 3.8) is 0 Å². The number of benzene rings is 2. The summed E-state index contributed by atoms with van der Waals surface area (Å²) in [7, 11) is 0. The van der Waals surface area contributed by atoms with Crippen LogP contribution in [0.25, 0.3) is 22.3 Å². The molecule has 120 valence electrons. The molecule has 0 radical (unpaired) electrons. The summed E-state index contributed by atoms with van der Waals surface area (Å²) >= 11 is 0. The number of aromatic nitrogens is 1. The topological polar surface area (TPSA) is 76.2 Å². The van der Waals surface area contributed by atoms with Crippen LogP contribution in [-0.2, 0) is 0 Å². The lowest BCUT2D eigenvalue weighted by Gasteiger charge is -2.15. The first-order valence-corrected chi connectivity index (χ1v) is 7.63. The highest BCUT2D eigenvalue weighted by Gasteiger charge is 2.18. The summed E-state index contributed by atoms with van der Waals surface area (Å²) in [4.78, 5) is 15.8. The molecule has 0 bridgehead atoms. The van der Waals surface area contributed by atoms with Gasteiger partial charge >= 0.3 is 0 Å². The van der Waals surface area contributed by atoms with E-state index < -0.39 is 5.91 Å². The molecule has 0 atom stereocenters. The van der Waals surface area contributed by atoms with Crippen molar-refractivity contribution in [3.8, 4) is 28.0 Å². The van der Waals surface area contributed by atoms with Crippen molar-refractivity contribution < 1.29 is 9.90 Å². The second kappa shape index (κ2) is 6.16. The number of aryl methyl sites for hydroxylation is 2. The van der Waals surface area contributed by atoms with Gasteiger partial charge in [0, 0.05) is 18.0 Å². The monoisotopic (exact) mass is 318 g/mol. The average Bonchev–Trinajstić information content (AvgIpc) is 2.56. The Labute approximate surface area is 140 Å². The highest BCUT2D eigenvalue weighted by molar-refractivity contribution is 6.00. The van der Waals surface area contributed by atoms with E-state index in [1.165, 1.54) is 0 Å². The second-order valence-electron chi connectivity index (χ2n) is 5.79. The molecule has 0 spiro atoms. The number of amides is 1. The number of hydrogen-bond acceptors (Lipinski definition) is 3. The molecule has 24 heavy (non-hydrogen) atoms. The van der Waals surface area contributed by atoms with E-state index in [9.17, 15) is 9.90 Å². The van der Waals surface area contributed by atoms with Crippen molar-refractivity contribution in [3.05, 3.63) is 71.5 Å². The van der Waals surface area contributed by atoms with E-state index in [1.807, 2.05) is 50.2 Å². The Hall–Kier alpha value is -3.14. The highest BCUT2D eigenvalue weighted by Crippen LogP contribution is 2.39. The van der Waals surface area contributed by atoms with Crippen LogP contribution in [-0.4, -0.2) is 16.0 Å². The molecule has 3 N–H and O–H groups in total. The minimum atomic E-state index is -0.657. The first-order chi connectivity index (χ1) is 11.5. The molecule has 0 aliphatic rings. The number of carbonyl (C=O) groups is 1. The van der Waals surface area contributed by atoms with E-state index in [1.54, 1.807) is 18.5 Å². The van der Waals surface area contributed by atoms with Crippen molar-refractivity contribution in [2.24, 2.45) is 5.73 Å². The number of hydrogen-bond donors (Lipinski definition) is 2. The van der Waals surface area contributed by atoms with Crippen molar-refractivity contribution in [2.75, 3.05) is 0 Å². The van der Waals surface area contributed by atoms with Crippen LogP contribution < -0.4 is 5.73 Å². The molecule has 1 amide bonds. The van der Waals surface area contributed by atoms with Gasteiger partial charge in [-0.05, 0) is 65.9 Å². The largest absolute Gasteiger partial charge is 0.506 e. The standard InChI is InChI=1S/C20H18N2O2/c1-12-4-3-5-13(2)18(12)16-10-15(14-6-8-22-9-7-14)11-17(19(16)23)20(21)24/h3-11,23H,1-2H3,(H2,21,24). The van der Waals surface area contributed by atoms with Crippen molar-refractivity contribution in [2.45, 2.75) is 13.8 Å². The zero-order chi connectivity index (χ0) is 17.3. The molecule has 0 fully saturated rings. The second-order valence-corrected chi connectivity index (χ2v) is 5.79. The number of nitrogens with two attached hydrogens (primary N) is 1. The molecule has 0 unspecified atom stereocenters. The lowest BCUT2D eigenvalue weighted by molar-refractivity contribution is 0.0998. The van der Waals surface area contributed by atoms with Crippen molar-refractivity contribution >= 4 is 5.91 Å². The van der Waals surface area contributed by atoms with Gasteiger partial charge in [0.05, 0.1) is 5.56 Å². The quantitative estimate of drug-likeness (QED) is 0.770. The van der Waals surface area contributed by atoms with E-state index in [0.29, 0.717) is 5.56 Å². The SMILES string of the molecule is Cc1cccc(C)c1-c1cc(-c2ccncc2)cc(C(N)=O)c1O. The van der Waals surface area contributed by atoms with Gasteiger partial charge in [0.1, 0.15) is 5.75 Å². The lowest BCUT2D eigenvalue weighted by Crippen LogP contribution is -2.12. The molecule has 4 nitrogen and oxygen atoms in total. The number of nitrogens with zero attached hydrogens (tertiary/aromatic N) is 1. The third-order valence-electron chi connectivity index (χ3n) is 4.14. The third kappa shape index (κ3) is 2.74. The Kier molecular flexibility index (Phi) is 4.04. The van der Waals surface area contributed by atoms with E-state index in [-0.39, 0.29) is 11.3 Å². The summed E-state index contributed by atoms with van der Waals surface area (Å²) in [5.41, 5.74) is 10.9. The molecule has 3 rings (SSSR count). The minimum absolute atomic E-state index is 0.0855. The Balaban J connectivity index is 2.34. The molecule has 2 aromatic carbocycles. The summed E-state index contributed by atoms with van der Waals surface area (Å²) in [6.07, 6.45) is 3.37. The maximum absolute atomic E-state index is 11.8. The minimum Gasteiger partial charge on any atom is -0.506 e. The van der Waals surface area contributed by atoms with Gasteiger partial charge in [0.15, 0.2) is 0 Å². The zero-order valence-corrected chi connectivity index (χ0v) is 13.6. The molecular weight excluding hydrogens is 300 g/mol. The molecule has 4 heteroatoms. The van der Waals surface area contributed by atoms with E-state index in [2.05, 4.69) is 4.98 Å². The summed E-state index contributed by atoms with van der Waals surface area (Å²) in [6, 6.07) is 13.1. The predicted molar refractivity (Wildman–Crippen MR) is 94.8 cm³/mol. The van der Waals surface area contributed by atoms with Crippen LogP contribution in [0.5, 0.6) is 5.75 Å². The number of phenols is 1. The Bertz CT molecular complexity index is 898. The Morgan fingerprint density at radius 3 is 2.21 bits per heavy atom. The summed E-state index contributed by atoms with van der Waals surface area (Å²) in [5, 5.41) is 10.6. The Morgan fingerprint density at radius 1 is 1.00 bits per heavy atom. The van der Waals surface area contributed by atoms with Crippen LogP contribution in [0.1, 0.15) is 21.5 Å². The van der Waals surface area contributed by atoms with Crippen LogP contribution in [0.15, 0.2) is 54.9 Å². The van der Waals surface area contributed by atoms with Gasteiger partial charge in [-0.25, -0.2) is 0 Å². The van der Waals surface area contributed by atoms with Gasteiger partial charge in [-0.2, -0.15) is 0 Å². The molecule has 0 saturated carbocycles. The fourth-order valence-corrected chi connectivity index (χ4v) is 2.96. The van der Waals surface area contributed by atoms with Crippen LogP contribution >= 0.6 is 0 Å². The molecule has 3 aromatic rings. The van der Waals surface area contributed by atoms with E-state index in [4.69, 9.17) is 5.73 Å². The van der Waals surface area contributed by atoms with Gasteiger partial charge in [0.25, 0.3) is 5.91 Å². The first-order valence-electron chi connectivity index (χ1n) is 7.63. The van der Waals surface area contributed by atoms with Gasteiger partial charge < -0.3 is 10.8 Å². The van der Waals surface area contributed by atoms with Crippen LogP contribution in [0.4, 0.5) is 0 Å². The number of pyridine rings is 1. The molecule has 0 aliphatic carbocycles. The molecule has 0 saturated heterocycles. The van der Waals surface area contributed by atoms with Crippen LogP contribution in [0.2, 0.25) is 0 Å². The van der Waals surface area contributed by atoms with Crippen LogP contribution in [0, 0.1) is 13.8 Å². The first kappa shape index (κ1) is 15.7. The maximum Gasteiger partial charge on any atom is 0.252 e. The third-order valence-corrected chi connectivity index (χ3v) is 4.14. The Morgan fingerprint density at radius 2 is 1.62 bits per heavy atom. The van der Waals surface area contributed by atoms with Crippen molar-refractivity contribution in [1.29, 1.82) is 0 Å². The molecule has 1 heterocycles. The average molecular weight is 318 g/mol. The number of aromatic hydroxyl groups is 1. The predicted octanol–water partition coefficient (Wildman–Crippen LogP) is 3.84. The number of rotatable bonds is 3. The normalized spacial score (nSPS) is 10.6. The summed E-state index contributed by atoms with van der Waals surface area (Å²) in [6.45, 7) is 3.95. The van der Waals surface area contributed by atoms with E-state index >= 15 is 0 Å². The molecule has 0 aliphatic heterocycles. The van der Waals surface area contributed by atoms with Crippen molar-refractivity contribution in [1.82, 2.24) is 4.98 Å². The lowest BCUT2D eigenvalue weighted by atomic mass is 9.90. The van der Waals surface area contributed by atoms with Gasteiger partial charge in [0.2, 0.25) is 0 Å². The molecule has 1 aromatic heterocycles. The van der Waals surface area contributed by atoms with Gasteiger partial charge in [-0.15, -0.1) is 0 Å². The highest BCUT2D eigenvalue weighted by atomic mass is 16.3. The zero-order valence-electron chi connectivity index (χ0n) is 13.6.